The van der Waals surface area contributed by atoms with Crippen LogP contribution in [0.15, 0.2) is 6.20 Å². The fraction of sp³-hybridized carbons (Fsp3) is 0.789. The highest BCUT2D eigenvalue weighted by molar-refractivity contribution is 5.91. The highest BCUT2D eigenvalue weighted by Gasteiger charge is 2.46. The minimum atomic E-state index is -0.295. The van der Waals surface area contributed by atoms with Gasteiger partial charge in [-0.3, -0.25) is 9.59 Å². The standard InChI is InChI=1S/C19H31N5O3/c1-14(2)11-20-17(25)16-12-24(22-21-16)15-5-9-23(10-6-15)18(26)19(13-27-3)7-4-8-19/h12,14-15H,4-11,13H2,1-3H3,(H,20,25). The number of ether oxygens (including phenoxy) is 1. The van der Waals surface area contributed by atoms with E-state index in [4.69, 9.17) is 4.74 Å². The summed E-state index contributed by atoms with van der Waals surface area (Å²) in [5.41, 5.74) is 0.0546. The molecule has 2 aliphatic rings. The molecule has 1 saturated carbocycles. The first-order chi connectivity index (χ1) is 12.9. The minimum Gasteiger partial charge on any atom is -0.384 e. The van der Waals surface area contributed by atoms with E-state index < -0.39 is 0 Å². The molecule has 2 fully saturated rings. The smallest absolute Gasteiger partial charge is 0.273 e. The molecule has 0 spiro atoms. The van der Waals surface area contributed by atoms with Crippen LogP contribution in [0.4, 0.5) is 0 Å². The number of carbonyl (C=O) groups excluding carboxylic acids is 2. The molecule has 2 heterocycles. The Morgan fingerprint density at radius 2 is 2.04 bits per heavy atom. The van der Waals surface area contributed by atoms with E-state index in [9.17, 15) is 9.59 Å². The van der Waals surface area contributed by atoms with Crippen LogP contribution in [-0.4, -0.2) is 65.1 Å². The molecule has 8 heteroatoms. The van der Waals surface area contributed by atoms with E-state index in [0.717, 1.165) is 32.1 Å². The van der Waals surface area contributed by atoms with E-state index >= 15 is 0 Å². The number of likely N-dealkylation sites (tertiary alicyclic amines) is 1. The lowest BCUT2D eigenvalue weighted by molar-refractivity contribution is -0.153. The predicted octanol–water partition coefficient (Wildman–Crippen LogP) is 1.64. The maximum absolute atomic E-state index is 12.9. The lowest BCUT2D eigenvalue weighted by Gasteiger charge is -2.44. The third kappa shape index (κ3) is 4.31. The van der Waals surface area contributed by atoms with Gasteiger partial charge in [0.1, 0.15) is 0 Å². The number of aromatic nitrogens is 3. The minimum absolute atomic E-state index is 0.174. The fourth-order valence-electron chi connectivity index (χ4n) is 3.92. The zero-order valence-corrected chi connectivity index (χ0v) is 16.6. The van der Waals surface area contributed by atoms with Crippen molar-refractivity contribution in [2.45, 2.75) is 52.0 Å². The molecular formula is C19H31N5O3. The number of rotatable bonds is 7. The molecule has 1 aliphatic carbocycles. The Morgan fingerprint density at radius 3 is 2.59 bits per heavy atom. The molecule has 0 unspecified atom stereocenters. The summed E-state index contributed by atoms with van der Waals surface area (Å²) in [5.74, 6) is 0.443. The second-order valence-corrected chi connectivity index (χ2v) is 8.28. The topological polar surface area (TPSA) is 89.4 Å². The summed E-state index contributed by atoms with van der Waals surface area (Å²) < 4.78 is 7.08. The van der Waals surface area contributed by atoms with Crippen LogP contribution in [0, 0.1) is 11.3 Å². The van der Waals surface area contributed by atoms with Crippen LogP contribution in [0.2, 0.25) is 0 Å². The number of nitrogens with one attached hydrogen (secondary N) is 1. The average molecular weight is 377 g/mol. The molecule has 27 heavy (non-hydrogen) atoms. The van der Waals surface area contributed by atoms with E-state index in [2.05, 4.69) is 15.6 Å². The first-order valence-electron chi connectivity index (χ1n) is 9.93. The Kier molecular flexibility index (Phi) is 6.14. The quantitative estimate of drug-likeness (QED) is 0.780. The molecule has 0 radical (unpaired) electrons. The van der Waals surface area contributed by atoms with Crippen molar-refractivity contribution >= 4 is 11.8 Å². The van der Waals surface area contributed by atoms with E-state index in [0.29, 0.717) is 37.9 Å². The SMILES string of the molecule is COCC1(C(=O)N2CCC(n3cc(C(=O)NCC(C)C)nn3)CC2)CCC1. The van der Waals surface area contributed by atoms with Crippen molar-refractivity contribution in [3.63, 3.8) is 0 Å². The van der Waals surface area contributed by atoms with Crippen LogP contribution < -0.4 is 5.32 Å². The third-order valence-corrected chi connectivity index (χ3v) is 5.72. The summed E-state index contributed by atoms with van der Waals surface area (Å²) in [5, 5.41) is 11.0. The van der Waals surface area contributed by atoms with Crippen LogP contribution in [0.1, 0.15) is 62.5 Å². The molecule has 1 saturated heterocycles. The third-order valence-electron chi connectivity index (χ3n) is 5.72. The van der Waals surface area contributed by atoms with Crippen molar-refractivity contribution in [2.24, 2.45) is 11.3 Å². The zero-order valence-electron chi connectivity index (χ0n) is 16.6. The summed E-state index contributed by atoms with van der Waals surface area (Å²) in [6, 6.07) is 0.174. The number of piperidine rings is 1. The van der Waals surface area contributed by atoms with Crippen molar-refractivity contribution in [1.82, 2.24) is 25.2 Å². The average Bonchev–Trinajstić information content (AvgIpc) is 3.12. The highest BCUT2D eigenvalue weighted by Crippen LogP contribution is 2.43. The molecule has 3 rings (SSSR count). The Morgan fingerprint density at radius 1 is 1.33 bits per heavy atom. The molecule has 1 aliphatic heterocycles. The maximum Gasteiger partial charge on any atom is 0.273 e. The second-order valence-electron chi connectivity index (χ2n) is 8.28. The van der Waals surface area contributed by atoms with Crippen LogP contribution in [0.5, 0.6) is 0 Å². The van der Waals surface area contributed by atoms with Crippen LogP contribution in [0.3, 0.4) is 0 Å². The van der Waals surface area contributed by atoms with Crippen LogP contribution >= 0.6 is 0 Å². The van der Waals surface area contributed by atoms with Gasteiger partial charge in [-0.25, -0.2) is 4.68 Å². The molecule has 0 bridgehead atoms. The van der Waals surface area contributed by atoms with Gasteiger partial charge in [0.25, 0.3) is 5.91 Å². The Labute approximate surface area is 160 Å². The largest absolute Gasteiger partial charge is 0.384 e. The van der Waals surface area contributed by atoms with Crippen molar-refractivity contribution < 1.29 is 14.3 Å². The summed E-state index contributed by atoms with van der Waals surface area (Å²) in [7, 11) is 1.67. The van der Waals surface area contributed by atoms with Gasteiger partial charge in [0.05, 0.1) is 24.3 Å². The van der Waals surface area contributed by atoms with Crippen molar-refractivity contribution in [3.8, 4) is 0 Å². The van der Waals surface area contributed by atoms with Gasteiger partial charge in [-0.05, 0) is 31.6 Å². The Balaban J connectivity index is 1.53. The van der Waals surface area contributed by atoms with Gasteiger partial charge in [0, 0.05) is 26.7 Å². The van der Waals surface area contributed by atoms with E-state index in [-0.39, 0.29) is 23.3 Å². The number of hydrogen-bond acceptors (Lipinski definition) is 5. The summed E-state index contributed by atoms with van der Waals surface area (Å²) in [6.07, 6.45) is 6.33. The number of methoxy groups -OCH3 is 1. The molecule has 2 amide bonds. The van der Waals surface area contributed by atoms with Gasteiger partial charge in [-0.15, -0.1) is 5.10 Å². The van der Waals surface area contributed by atoms with Gasteiger partial charge < -0.3 is 15.0 Å². The first-order valence-corrected chi connectivity index (χ1v) is 9.93. The molecule has 1 aromatic heterocycles. The summed E-state index contributed by atoms with van der Waals surface area (Å²) in [4.78, 5) is 27.0. The van der Waals surface area contributed by atoms with Crippen LogP contribution in [0.25, 0.3) is 0 Å². The number of amides is 2. The van der Waals surface area contributed by atoms with Gasteiger partial charge >= 0.3 is 0 Å². The van der Waals surface area contributed by atoms with Gasteiger partial charge in [0.15, 0.2) is 5.69 Å². The lowest BCUT2D eigenvalue weighted by atomic mass is 9.68. The first kappa shape index (κ1) is 19.8. The lowest BCUT2D eigenvalue weighted by Crippen LogP contribution is -2.52. The molecule has 150 valence electrons. The van der Waals surface area contributed by atoms with Crippen LogP contribution in [-0.2, 0) is 9.53 Å². The monoisotopic (exact) mass is 377 g/mol. The Hall–Kier alpha value is -1.96. The van der Waals surface area contributed by atoms with Gasteiger partial charge in [-0.1, -0.05) is 25.5 Å². The summed E-state index contributed by atoms with van der Waals surface area (Å²) >= 11 is 0. The van der Waals surface area contributed by atoms with Crippen molar-refractivity contribution in [2.75, 3.05) is 33.4 Å². The normalized spacial score (nSPS) is 19.8. The maximum atomic E-state index is 12.9. The highest BCUT2D eigenvalue weighted by atomic mass is 16.5. The van der Waals surface area contributed by atoms with E-state index in [1.165, 1.54) is 0 Å². The number of carbonyl (C=O) groups is 2. The molecule has 0 aromatic carbocycles. The number of hydrogen-bond donors (Lipinski definition) is 1. The summed E-state index contributed by atoms with van der Waals surface area (Å²) in [6.45, 7) is 6.66. The van der Waals surface area contributed by atoms with Crippen molar-refractivity contribution in [3.05, 3.63) is 11.9 Å². The van der Waals surface area contributed by atoms with Gasteiger partial charge in [0.2, 0.25) is 5.91 Å². The molecule has 8 nitrogen and oxygen atoms in total. The fourth-order valence-corrected chi connectivity index (χ4v) is 3.92. The van der Waals surface area contributed by atoms with E-state index in [1.807, 2.05) is 18.7 Å². The van der Waals surface area contributed by atoms with Gasteiger partial charge in [-0.2, -0.15) is 0 Å². The van der Waals surface area contributed by atoms with Crippen molar-refractivity contribution in [1.29, 1.82) is 0 Å². The number of nitrogens with zero attached hydrogens (tertiary/aromatic N) is 4. The molecular weight excluding hydrogens is 346 g/mol. The predicted molar refractivity (Wildman–Crippen MR) is 100 cm³/mol. The molecule has 1 aromatic rings. The molecule has 0 atom stereocenters. The zero-order chi connectivity index (χ0) is 19.4. The van der Waals surface area contributed by atoms with E-state index in [1.54, 1.807) is 18.0 Å². The second kappa shape index (κ2) is 8.37. The molecule has 1 N–H and O–H groups in total. The Bertz CT molecular complexity index is 660.